The molecule has 0 saturated heterocycles. The second kappa shape index (κ2) is 5.49. The van der Waals surface area contributed by atoms with Gasteiger partial charge in [-0.3, -0.25) is 0 Å². The van der Waals surface area contributed by atoms with E-state index >= 15 is 0 Å². The van der Waals surface area contributed by atoms with E-state index in [1.54, 1.807) is 38.5 Å². The second-order valence-corrected chi connectivity index (χ2v) is 13.9. The molecule has 3 rings (SSSR count). The molecule has 0 aliphatic heterocycles. The highest BCUT2D eigenvalue weighted by atomic mass is 79.9. The Kier molecular flexibility index (Phi) is 4.18. The van der Waals surface area contributed by atoms with E-state index in [-0.39, 0.29) is 0 Å². The summed E-state index contributed by atoms with van der Waals surface area (Å²) in [5.74, 6) is -0.800. The molecule has 0 amide bonds. The Hall–Kier alpha value is 0.910. The van der Waals surface area contributed by atoms with Crippen LogP contribution in [0, 0.1) is 0 Å². The van der Waals surface area contributed by atoms with Crippen molar-refractivity contribution >= 4 is 21.5 Å². The van der Waals surface area contributed by atoms with Gasteiger partial charge in [0.15, 0.2) is 0 Å². The summed E-state index contributed by atoms with van der Waals surface area (Å²) in [6.45, 7) is 0. The SMILES string of the molecule is Br[P+](C1CCCC1)(C1CCCC1)C1CCCC1. The number of hydrogen-bond donors (Lipinski definition) is 0. The summed E-state index contributed by atoms with van der Waals surface area (Å²) in [5, 5.41) is 0. The summed E-state index contributed by atoms with van der Waals surface area (Å²) in [6, 6.07) is 0. The molecule has 3 saturated carbocycles. The first-order valence-electron chi connectivity index (χ1n) is 7.89. The average Bonchev–Trinajstić information content (AvgIpc) is 3.10. The zero-order chi connectivity index (χ0) is 11.7. The summed E-state index contributed by atoms with van der Waals surface area (Å²) >= 11 is 4.48. The van der Waals surface area contributed by atoms with Crippen molar-refractivity contribution in [3.63, 3.8) is 0 Å². The van der Waals surface area contributed by atoms with Gasteiger partial charge in [-0.25, -0.2) is 0 Å². The standard InChI is InChI=1S/C15H27BrP/c16-17(13-7-1-2-8-13,14-9-3-4-10-14)15-11-5-6-12-15/h13-15H,1-12H2/q+1. The van der Waals surface area contributed by atoms with E-state index in [1.165, 1.54) is 38.5 Å². The monoisotopic (exact) mass is 317 g/mol. The Labute approximate surface area is 115 Å². The van der Waals surface area contributed by atoms with Crippen LogP contribution < -0.4 is 0 Å². The van der Waals surface area contributed by atoms with E-state index in [0.717, 1.165) is 17.0 Å². The Balaban J connectivity index is 1.81. The second-order valence-electron chi connectivity index (χ2n) is 6.55. The molecule has 0 bridgehead atoms. The molecule has 98 valence electrons. The zero-order valence-electron chi connectivity index (χ0n) is 11.0. The Bertz CT molecular complexity index is 207. The van der Waals surface area contributed by atoms with E-state index in [9.17, 15) is 0 Å². The lowest BCUT2D eigenvalue weighted by Crippen LogP contribution is -2.24. The first-order chi connectivity index (χ1) is 8.32. The molecule has 3 aliphatic rings. The van der Waals surface area contributed by atoms with Crippen LogP contribution in [0.15, 0.2) is 0 Å². The van der Waals surface area contributed by atoms with E-state index in [0.29, 0.717) is 0 Å². The predicted octanol–water partition coefficient (Wildman–Crippen LogP) is 6.14. The maximum atomic E-state index is 4.48. The van der Waals surface area contributed by atoms with Crippen molar-refractivity contribution in [3.8, 4) is 0 Å². The highest BCUT2D eigenvalue weighted by Crippen LogP contribution is 2.83. The number of halogens is 1. The largest absolute Gasteiger partial charge is 0.139 e. The molecular formula is C15H27BrP+. The molecular weight excluding hydrogens is 291 g/mol. The quantitative estimate of drug-likeness (QED) is 0.548. The third-order valence-corrected chi connectivity index (χ3v) is 15.8. The van der Waals surface area contributed by atoms with Crippen LogP contribution in [0.2, 0.25) is 0 Å². The van der Waals surface area contributed by atoms with Gasteiger partial charge in [0.2, 0.25) is 0 Å². The molecule has 2 heteroatoms. The Morgan fingerprint density at radius 1 is 0.529 bits per heavy atom. The summed E-state index contributed by atoms with van der Waals surface area (Å²) < 4.78 is 0. The van der Waals surface area contributed by atoms with Crippen molar-refractivity contribution in [2.45, 2.75) is 94.0 Å². The van der Waals surface area contributed by atoms with Crippen LogP contribution in [0.5, 0.6) is 0 Å². The third kappa shape index (κ3) is 2.36. The van der Waals surface area contributed by atoms with Crippen molar-refractivity contribution in [1.29, 1.82) is 0 Å². The fraction of sp³-hybridized carbons (Fsp3) is 1.00. The fourth-order valence-corrected chi connectivity index (χ4v) is 13.7. The molecule has 3 fully saturated rings. The molecule has 0 aromatic rings. The number of rotatable bonds is 3. The molecule has 0 aromatic carbocycles. The summed E-state index contributed by atoms with van der Waals surface area (Å²) in [7, 11) is 0. The lowest BCUT2D eigenvalue weighted by Gasteiger charge is -2.36. The minimum atomic E-state index is -0.800. The molecule has 0 unspecified atom stereocenters. The van der Waals surface area contributed by atoms with Crippen molar-refractivity contribution in [2.75, 3.05) is 0 Å². The lowest BCUT2D eigenvalue weighted by molar-refractivity contribution is 0.771. The van der Waals surface area contributed by atoms with Crippen molar-refractivity contribution in [1.82, 2.24) is 0 Å². The summed E-state index contributed by atoms with van der Waals surface area (Å²) in [4.78, 5) is 0. The Morgan fingerprint density at radius 2 is 0.765 bits per heavy atom. The predicted molar refractivity (Wildman–Crippen MR) is 82.6 cm³/mol. The fourth-order valence-electron chi connectivity index (χ4n) is 4.79. The minimum Gasteiger partial charge on any atom is -0.0494 e. The van der Waals surface area contributed by atoms with E-state index < -0.39 is 5.96 Å². The molecule has 0 heterocycles. The maximum absolute atomic E-state index is 4.48. The highest BCUT2D eigenvalue weighted by molar-refractivity contribution is 9.42. The first kappa shape index (κ1) is 12.9. The normalized spacial score (nSPS) is 29.5. The Morgan fingerprint density at radius 3 is 1.00 bits per heavy atom. The van der Waals surface area contributed by atoms with Gasteiger partial charge in [-0.1, -0.05) is 0 Å². The molecule has 0 atom stereocenters. The van der Waals surface area contributed by atoms with E-state index in [4.69, 9.17) is 0 Å². The first-order valence-corrected chi connectivity index (χ1v) is 11.9. The summed E-state index contributed by atoms with van der Waals surface area (Å²) in [5.41, 5.74) is 3.36. The minimum absolute atomic E-state index is 0.800. The van der Waals surface area contributed by atoms with Gasteiger partial charge in [0.25, 0.3) is 0 Å². The van der Waals surface area contributed by atoms with Gasteiger partial charge in [-0.2, -0.15) is 0 Å². The van der Waals surface area contributed by atoms with Crippen molar-refractivity contribution in [2.24, 2.45) is 0 Å². The van der Waals surface area contributed by atoms with Crippen molar-refractivity contribution in [3.05, 3.63) is 0 Å². The van der Waals surface area contributed by atoms with Crippen LogP contribution >= 0.6 is 21.5 Å². The van der Waals surface area contributed by atoms with Gasteiger partial charge in [0.05, 0.1) is 22.9 Å². The van der Waals surface area contributed by atoms with Gasteiger partial charge in [-0.05, 0) is 77.0 Å². The van der Waals surface area contributed by atoms with E-state index in [1.807, 2.05) is 0 Å². The molecule has 0 radical (unpaired) electrons. The molecule has 3 aliphatic carbocycles. The zero-order valence-corrected chi connectivity index (χ0v) is 13.5. The molecule has 0 N–H and O–H groups in total. The van der Waals surface area contributed by atoms with Crippen LogP contribution in [0.3, 0.4) is 0 Å². The van der Waals surface area contributed by atoms with Gasteiger partial charge in [-0.15, -0.1) is 0 Å². The lowest BCUT2D eigenvalue weighted by atomic mass is 10.3. The topological polar surface area (TPSA) is 0 Å². The maximum Gasteiger partial charge on any atom is 0.139 e. The van der Waals surface area contributed by atoms with Crippen molar-refractivity contribution < 1.29 is 0 Å². The van der Waals surface area contributed by atoms with Crippen LogP contribution in [0.1, 0.15) is 77.0 Å². The highest BCUT2D eigenvalue weighted by Gasteiger charge is 2.57. The third-order valence-electron chi connectivity index (χ3n) is 5.65. The van der Waals surface area contributed by atoms with E-state index in [2.05, 4.69) is 15.5 Å². The molecule has 17 heavy (non-hydrogen) atoms. The van der Waals surface area contributed by atoms with Crippen LogP contribution in [-0.4, -0.2) is 17.0 Å². The van der Waals surface area contributed by atoms with Gasteiger partial charge >= 0.3 is 0 Å². The molecule has 0 spiro atoms. The average molecular weight is 318 g/mol. The molecule has 0 aromatic heterocycles. The van der Waals surface area contributed by atoms with Gasteiger partial charge in [0.1, 0.15) is 15.5 Å². The number of hydrogen-bond acceptors (Lipinski definition) is 0. The smallest absolute Gasteiger partial charge is 0.0494 e. The molecule has 0 nitrogen and oxygen atoms in total. The van der Waals surface area contributed by atoms with Crippen LogP contribution in [0.4, 0.5) is 0 Å². The summed E-state index contributed by atoms with van der Waals surface area (Å²) in [6.07, 6.45) is 18.5. The van der Waals surface area contributed by atoms with Crippen LogP contribution in [0.25, 0.3) is 0 Å². The van der Waals surface area contributed by atoms with Gasteiger partial charge in [0, 0.05) is 0 Å². The van der Waals surface area contributed by atoms with Crippen LogP contribution in [-0.2, 0) is 0 Å². The van der Waals surface area contributed by atoms with Gasteiger partial charge < -0.3 is 0 Å².